The first-order chi connectivity index (χ1) is 17.9. The van der Waals surface area contributed by atoms with Gasteiger partial charge in [-0.2, -0.15) is 4.31 Å². The molecule has 0 atom stereocenters. The number of ether oxygens (including phenoxy) is 1. The van der Waals surface area contributed by atoms with E-state index in [1.54, 1.807) is 32.9 Å². The number of benzene rings is 3. The standard InChI is InChI=1S/C27H24N2O8S/c1-15-12-16(2)25(17(3)13-15)38(34,35)28(26(30)19-6-8-20(9-7-19)29(32)33)21-10-11-23-22(14-21)24(18(4)37-23)27(31)36-5/h6-14H,1-5H3. The third kappa shape index (κ3) is 4.52. The summed E-state index contributed by atoms with van der Waals surface area (Å²) >= 11 is 0. The summed E-state index contributed by atoms with van der Waals surface area (Å²) in [5.41, 5.74) is 1.76. The average Bonchev–Trinajstić information content (AvgIpc) is 3.17. The van der Waals surface area contributed by atoms with Gasteiger partial charge in [0.15, 0.2) is 0 Å². The van der Waals surface area contributed by atoms with Gasteiger partial charge in [0.25, 0.3) is 21.6 Å². The van der Waals surface area contributed by atoms with E-state index in [2.05, 4.69) is 0 Å². The van der Waals surface area contributed by atoms with E-state index < -0.39 is 26.8 Å². The number of aryl methyl sites for hydroxylation is 4. The van der Waals surface area contributed by atoms with Gasteiger partial charge in [0.1, 0.15) is 16.9 Å². The zero-order valence-corrected chi connectivity index (χ0v) is 22.1. The number of nitro benzene ring substituents is 1. The SMILES string of the molecule is COC(=O)c1c(C)oc2ccc(N(C(=O)c3ccc([N+](=O)[O-])cc3)S(=O)(=O)c3c(C)cc(C)cc3C)cc12. The van der Waals surface area contributed by atoms with Crippen LogP contribution in [0.15, 0.2) is 63.9 Å². The number of rotatable bonds is 6. The molecule has 4 rings (SSSR count). The van der Waals surface area contributed by atoms with E-state index in [0.717, 1.165) is 17.7 Å². The quantitative estimate of drug-likeness (QED) is 0.181. The summed E-state index contributed by atoms with van der Waals surface area (Å²) in [4.78, 5) is 36.7. The van der Waals surface area contributed by atoms with Gasteiger partial charge >= 0.3 is 5.97 Å². The molecule has 0 aliphatic rings. The molecular weight excluding hydrogens is 512 g/mol. The number of carbonyl (C=O) groups excluding carboxylic acids is 2. The minimum absolute atomic E-state index is 0.0463. The molecule has 38 heavy (non-hydrogen) atoms. The van der Waals surface area contributed by atoms with Crippen molar-refractivity contribution in [2.24, 2.45) is 0 Å². The van der Waals surface area contributed by atoms with Crippen molar-refractivity contribution in [1.82, 2.24) is 0 Å². The van der Waals surface area contributed by atoms with Crippen LogP contribution in [0.4, 0.5) is 11.4 Å². The molecule has 10 nitrogen and oxygen atoms in total. The van der Waals surface area contributed by atoms with Gasteiger partial charge in [-0.3, -0.25) is 14.9 Å². The van der Waals surface area contributed by atoms with E-state index in [9.17, 15) is 28.1 Å². The van der Waals surface area contributed by atoms with Gasteiger partial charge in [-0.05, 0) is 69.2 Å². The first-order valence-corrected chi connectivity index (χ1v) is 12.8. The molecule has 196 valence electrons. The fourth-order valence-corrected chi connectivity index (χ4v) is 6.39. The van der Waals surface area contributed by atoms with Crippen molar-refractivity contribution in [3.63, 3.8) is 0 Å². The van der Waals surface area contributed by atoms with Crippen LogP contribution in [0.3, 0.4) is 0 Å². The largest absolute Gasteiger partial charge is 0.465 e. The smallest absolute Gasteiger partial charge is 0.342 e. The molecule has 0 N–H and O–H groups in total. The minimum Gasteiger partial charge on any atom is -0.465 e. The molecule has 11 heteroatoms. The molecule has 0 aliphatic carbocycles. The number of hydrogen-bond acceptors (Lipinski definition) is 8. The highest BCUT2D eigenvalue weighted by Crippen LogP contribution is 2.35. The number of furan rings is 1. The van der Waals surface area contributed by atoms with Crippen LogP contribution in [-0.2, 0) is 14.8 Å². The molecule has 0 bridgehead atoms. The number of non-ortho nitro benzene ring substituents is 1. The van der Waals surface area contributed by atoms with Crippen LogP contribution in [0.5, 0.6) is 0 Å². The van der Waals surface area contributed by atoms with Crippen LogP contribution in [0, 0.1) is 37.8 Å². The van der Waals surface area contributed by atoms with Crippen LogP contribution in [0.2, 0.25) is 0 Å². The zero-order valence-electron chi connectivity index (χ0n) is 21.3. The predicted molar refractivity (Wildman–Crippen MR) is 140 cm³/mol. The highest BCUT2D eigenvalue weighted by atomic mass is 32.2. The molecule has 0 saturated carbocycles. The Bertz CT molecular complexity index is 1700. The number of nitrogens with zero attached hydrogens (tertiary/aromatic N) is 2. The van der Waals surface area contributed by atoms with Crippen molar-refractivity contribution >= 4 is 44.2 Å². The normalized spacial score (nSPS) is 11.4. The third-order valence-corrected chi connectivity index (χ3v) is 8.10. The van der Waals surface area contributed by atoms with Crippen LogP contribution < -0.4 is 4.31 Å². The fraction of sp³-hybridized carbons (Fsp3) is 0.185. The van der Waals surface area contributed by atoms with Crippen molar-refractivity contribution in [3.8, 4) is 0 Å². The highest BCUT2D eigenvalue weighted by molar-refractivity contribution is 7.93. The number of anilines is 1. The summed E-state index contributed by atoms with van der Waals surface area (Å²) in [6.45, 7) is 6.68. The monoisotopic (exact) mass is 536 g/mol. The second-order valence-electron chi connectivity index (χ2n) is 8.81. The molecule has 0 spiro atoms. The van der Waals surface area contributed by atoms with Crippen molar-refractivity contribution in [3.05, 3.63) is 98.3 Å². The predicted octanol–water partition coefficient (Wildman–Crippen LogP) is 5.40. The van der Waals surface area contributed by atoms with Gasteiger partial charge in [-0.15, -0.1) is 0 Å². The second-order valence-corrected chi connectivity index (χ2v) is 10.5. The van der Waals surface area contributed by atoms with Gasteiger partial charge in [-0.25, -0.2) is 13.2 Å². The molecule has 3 aromatic carbocycles. The minimum atomic E-state index is -4.50. The number of carbonyl (C=O) groups is 2. The first kappa shape index (κ1) is 26.6. The van der Waals surface area contributed by atoms with Gasteiger partial charge < -0.3 is 9.15 Å². The number of hydrogen-bond donors (Lipinski definition) is 0. The lowest BCUT2D eigenvalue weighted by Crippen LogP contribution is -2.37. The Morgan fingerprint density at radius 3 is 2.11 bits per heavy atom. The van der Waals surface area contributed by atoms with E-state index in [4.69, 9.17) is 9.15 Å². The second kappa shape index (κ2) is 9.75. The third-order valence-electron chi connectivity index (χ3n) is 6.08. The molecule has 0 unspecified atom stereocenters. The molecule has 1 aromatic heterocycles. The number of fused-ring (bicyclic) bond motifs is 1. The van der Waals surface area contributed by atoms with Crippen LogP contribution >= 0.6 is 0 Å². The van der Waals surface area contributed by atoms with Gasteiger partial charge in [0.2, 0.25) is 0 Å². The molecule has 1 amide bonds. The Morgan fingerprint density at radius 2 is 1.55 bits per heavy atom. The molecule has 0 aliphatic heterocycles. The number of sulfonamides is 1. The topological polar surface area (TPSA) is 137 Å². The summed E-state index contributed by atoms with van der Waals surface area (Å²) in [6.07, 6.45) is 0. The Kier molecular flexibility index (Phi) is 6.81. The van der Waals surface area contributed by atoms with Crippen molar-refractivity contribution in [2.45, 2.75) is 32.6 Å². The molecule has 0 fully saturated rings. The number of esters is 1. The summed E-state index contributed by atoms with van der Waals surface area (Å²) in [5, 5.41) is 11.4. The van der Waals surface area contributed by atoms with Crippen molar-refractivity contribution in [2.75, 3.05) is 11.4 Å². The van der Waals surface area contributed by atoms with E-state index in [0.29, 0.717) is 21.0 Å². The lowest BCUT2D eigenvalue weighted by atomic mass is 10.1. The van der Waals surface area contributed by atoms with Crippen LogP contribution in [0.1, 0.15) is 43.2 Å². The van der Waals surface area contributed by atoms with Gasteiger partial charge in [0, 0.05) is 23.1 Å². The Hall–Kier alpha value is -4.51. The molecule has 0 saturated heterocycles. The Morgan fingerprint density at radius 1 is 0.947 bits per heavy atom. The molecule has 1 heterocycles. The number of amides is 1. The highest BCUT2D eigenvalue weighted by Gasteiger charge is 2.35. The molecule has 0 radical (unpaired) electrons. The van der Waals surface area contributed by atoms with E-state index >= 15 is 0 Å². The van der Waals surface area contributed by atoms with Gasteiger partial charge in [0.05, 0.1) is 22.6 Å². The van der Waals surface area contributed by atoms with Gasteiger partial charge in [-0.1, -0.05) is 17.7 Å². The first-order valence-electron chi connectivity index (χ1n) is 11.4. The number of nitro groups is 1. The van der Waals surface area contributed by atoms with E-state index in [-0.39, 0.29) is 38.5 Å². The van der Waals surface area contributed by atoms with E-state index in [1.807, 2.05) is 6.92 Å². The summed E-state index contributed by atoms with van der Waals surface area (Å²) in [5.74, 6) is -1.34. The lowest BCUT2D eigenvalue weighted by Gasteiger charge is -2.25. The maximum atomic E-state index is 14.2. The number of methoxy groups -OCH3 is 1. The van der Waals surface area contributed by atoms with Crippen molar-refractivity contribution in [1.29, 1.82) is 0 Å². The maximum absolute atomic E-state index is 14.2. The Balaban J connectivity index is 1.99. The van der Waals surface area contributed by atoms with Crippen LogP contribution in [-0.4, -0.2) is 32.3 Å². The zero-order chi connectivity index (χ0) is 27.9. The molecule has 4 aromatic rings. The maximum Gasteiger partial charge on any atom is 0.342 e. The lowest BCUT2D eigenvalue weighted by molar-refractivity contribution is -0.384. The summed E-state index contributed by atoms with van der Waals surface area (Å²) in [6, 6.07) is 12.3. The molecular formula is C27H24N2O8S. The Labute approximate surface area is 218 Å². The fourth-order valence-electron chi connectivity index (χ4n) is 4.56. The van der Waals surface area contributed by atoms with Crippen LogP contribution in [0.25, 0.3) is 11.0 Å². The average molecular weight is 537 g/mol. The van der Waals surface area contributed by atoms with Crippen molar-refractivity contribution < 1.29 is 32.1 Å². The summed E-state index contributed by atoms with van der Waals surface area (Å²) in [7, 11) is -3.29. The van der Waals surface area contributed by atoms with E-state index in [1.165, 1.54) is 37.4 Å². The summed E-state index contributed by atoms with van der Waals surface area (Å²) < 4.78 is 39.5.